The summed E-state index contributed by atoms with van der Waals surface area (Å²) >= 11 is 0. The van der Waals surface area contributed by atoms with E-state index in [4.69, 9.17) is 9.47 Å². The number of rotatable bonds is 5. The van der Waals surface area contributed by atoms with Gasteiger partial charge in [-0.1, -0.05) is 29.8 Å². The van der Waals surface area contributed by atoms with Gasteiger partial charge >= 0.3 is 0 Å². The van der Waals surface area contributed by atoms with Gasteiger partial charge < -0.3 is 20.1 Å². The first-order valence-corrected chi connectivity index (χ1v) is 8.64. The van der Waals surface area contributed by atoms with Crippen LogP contribution < -0.4 is 20.1 Å². The first-order chi connectivity index (χ1) is 13.2. The third kappa shape index (κ3) is 4.00. The number of fused-ring (bicyclic) bond motifs is 1. The third-order valence-electron chi connectivity index (χ3n) is 4.21. The van der Waals surface area contributed by atoms with E-state index in [2.05, 4.69) is 40.7 Å². The molecule has 0 saturated carbocycles. The van der Waals surface area contributed by atoms with Crippen molar-refractivity contribution < 1.29 is 14.3 Å². The first kappa shape index (κ1) is 16.9. The molecule has 1 aliphatic heterocycles. The number of carbonyl (C=O) groups excluding carboxylic acids is 1. The van der Waals surface area contributed by atoms with Gasteiger partial charge in [0, 0.05) is 24.5 Å². The van der Waals surface area contributed by atoms with Crippen molar-refractivity contribution in [1.29, 1.82) is 0 Å². The van der Waals surface area contributed by atoms with Crippen LogP contribution in [0, 0.1) is 6.92 Å². The van der Waals surface area contributed by atoms with Gasteiger partial charge in [0.1, 0.15) is 5.82 Å². The smallest absolute Gasteiger partial charge is 0.257 e. The summed E-state index contributed by atoms with van der Waals surface area (Å²) in [5, 5.41) is 6.10. The van der Waals surface area contributed by atoms with Gasteiger partial charge in [-0.05, 0) is 36.8 Å². The Balaban J connectivity index is 1.37. The molecule has 3 aromatic rings. The Bertz CT molecular complexity index is 971. The molecule has 1 amide bonds. The van der Waals surface area contributed by atoms with E-state index >= 15 is 0 Å². The molecule has 0 fully saturated rings. The molecule has 4 rings (SSSR count). The summed E-state index contributed by atoms with van der Waals surface area (Å²) in [5.41, 5.74) is 3.53. The van der Waals surface area contributed by atoms with E-state index in [0.29, 0.717) is 29.3 Å². The van der Waals surface area contributed by atoms with Crippen LogP contribution in [0.3, 0.4) is 0 Å². The molecule has 0 radical (unpaired) electrons. The molecule has 1 aliphatic rings. The minimum absolute atomic E-state index is 0.202. The number of benzene rings is 2. The maximum absolute atomic E-state index is 12.4. The molecule has 6 heteroatoms. The second-order valence-electron chi connectivity index (χ2n) is 6.30. The van der Waals surface area contributed by atoms with Gasteiger partial charge in [-0.25, -0.2) is 4.98 Å². The van der Waals surface area contributed by atoms with Gasteiger partial charge in [0.05, 0.1) is 5.56 Å². The molecule has 136 valence electrons. The highest BCUT2D eigenvalue weighted by molar-refractivity contribution is 6.04. The Morgan fingerprint density at radius 3 is 2.78 bits per heavy atom. The molecule has 2 aromatic carbocycles. The van der Waals surface area contributed by atoms with Crippen molar-refractivity contribution >= 4 is 17.4 Å². The molecule has 0 saturated heterocycles. The SMILES string of the molecule is Cc1cccc(CNc2ccc(C(=O)Nc3ccc4c(c3)OCO4)cn2)c1. The molecular formula is C21H19N3O3. The number of nitrogens with zero attached hydrogens (tertiary/aromatic N) is 1. The maximum atomic E-state index is 12.4. The average Bonchev–Trinajstić information content (AvgIpc) is 3.15. The number of nitrogens with one attached hydrogen (secondary N) is 2. The van der Waals surface area contributed by atoms with E-state index in [0.717, 1.165) is 5.82 Å². The molecule has 1 aromatic heterocycles. The molecule has 0 atom stereocenters. The zero-order valence-corrected chi connectivity index (χ0v) is 14.9. The van der Waals surface area contributed by atoms with Gasteiger partial charge in [0.2, 0.25) is 6.79 Å². The van der Waals surface area contributed by atoms with Crippen molar-refractivity contribution in [3.05, 3.63) is 77.5 Å². The van der Waals surface area contributed by atoms with Crippen molar-refractivity contribution in [2.75, 3.05) is 17.4 Å². The third-order valence-corrected chi connectivity index (χ3v) is 4.21. The fourth-order valence-electron chi connectivity index (χ4n) is 2.83. The topological polar surface area (TPSA) is 72.5 Å². The van der Waals surface area contributed by atoms with Crippen LogP contribution in [0.1, 0.15) is 21.5 Å². The summed E-state index contributed by atoms with van der Waals surface area (Å²) in [5.74, 6) is 1.79. The Morgan fingerprint density at radius 2 is 1.96 bits per heavy atom. The van der Waals surface area contributed by atoms with E-state index < -0.39 is 0 Å². The minimum atomic E-state index is -0.230. The van der Waals surface area contributed by atoms with E-state index in [1.165, 1.54) is 11.1 Å². The molecular weight excluding hydrogens is 342 g/mol. The van der Waals surface area contributed by atoms with Crippen LogP contribution in [0.2, 0.25) is 0 Å². The number of aryl methyl sites for hydroxylation is 1. The second-order valence-corrected chi connectivity index (χ2v) is 6.30. The lowest BCUT2D eigenvalue weighted by Crippen LogP contribution is -2.12. The number of anilines is 2. The number of hydrogen-bond acceptors (Lipinski definition) is 5. The fourth-order valence-corrected chi connectivity index (χ4v) is 2.83. The van der Waals surface area contributed by atoms with E-state index in [-0.39, 0.29) is 12.7 Å². The Kier molecular flexibility index (Phi) is 4.61. The highest BCUT2D eigenvalue weighted by atomic mass is 16.7. The fraction of sp³-hybridized carbons (Fsp3) is 0.143. The second kappa shape index (κ2) is 7.37. The van der Waals surface area contributed by atoms with Gasteiger partial charge in [0.15, 0.2) is 11.5 Å². The molecule has 0 bridgehead atoms. The Morgan fingerprint density at radius 1 is 1.07 bits per heavy atom. The van der Waals surface area contributed by atoms with Crippen LogP contribution in [0.4, 0.5) is 11.5 Å². The number of ether oxygens (including phenoxy) is 2. The lowest BCUT2D eigenvalue weighted by Gasteiger charge is -2.08. The number of aromatic nitrogens is 1. The predicted molar refractivity (Wildman–Crippen MR) is 103 cm³/mol. The van der Waals surface area contributed by atoms with Crippen molar-refractivity contribution in [3.63, 3.8) is 0 Å². The normalized spacial score (nSPS) is 11.9. The molecule has 2 heterocycles. The van der Waals surface area contributed by atoms with Crippen LogP contribution in [-0.2, 0) is 6.54 Å². The molecule has 2 N–H and O–H groups in total. The summed E-state index contributed by atoms with van der Waals surface area (Å²) < 4.78 is 10.6. The quantitative estimate of drug-likeness (QED) is 0.719. The van der Waals surface area contributed by atoms with Crippen LogP contribution in [0.25, 0.3) is 0 Å². The van der Waals surface area contributed by atoms with Gasteiger partial charge in [-0.15, -0.1) is 0 Å². The standard InChI is InChI=1S/C21H19N3O3/c1-14-3-2-4-15(9-14)11-22-20-8-5-16(12-23-20)21(25)24-17-6-7-18-19(10-17)27-13-26-18/h2-10,12H,11,13H2,1H3,(H,22,23)(H,24,25). The number of amides is 1. The Labute approximate surface area is 157 Å². The van der Waals surface area contributed by atoms with E-state index in [1.54, 1.807) is 36.5 Å². The zero-order valence-electron chi connectivity index (χ0n) is 14.9. The molecule has 0 unspecified atom stereocenters. The molecule has 0 aliphatic carbocycles. The van der Waals surface area contributed by atoms with E-state index in [9.17, 15) is 4.79 Å². The Hall–Kier alpha value is -3.54. The number of pyridine rings is 1. The van der Waals surface area contributed by atoms with Crippen LogP contribution >= 0.6 is 0 Å². The van der Waals surface area contributed by atoms with Gasteiger partial charge in [-0.3, -0.25) is 4.79 Å². The number of hydrogen-bond donors (Lipinski definition) is 2. The summed E-state index contributed by atoms with van der Waals surface area (Å²) in [7, 11) is 0. The number of carbonyl (C=O) groups is 1. The molecule has 6 nitrogen and oxygen atoms in total. The van der Waals surface area contributed by atoms with Crippen LogP contribution in [0.15, 0.2) is 60.8 Å². The van der Waals surface area contributed by atoms with Crippen LogP contribution in [-0.4, -0.2) is 17.7 Å². The predicted octanol–water partition coefficient (Wildman–Crippen LogP) is 3.98. The lowest BCUT2D eigenvalue weighted by atomic mass is 10.1. The van der Waals surface area contributed by atoms with Gasteiger partial charge in [-0.2, -0.15) is 0 Å². The molecule has 27 heavy (non-hydrogen) atoms. The zero-order chi connectivity index (χ0) is 18.6. The summed E-state index contributed by atoms with van der Waals surface area (Å²) in [6, 6.07) is 17.1. The highest BCUT2D eigenvalue weighted by Gasteiger charge is 2.14. The monoisotopic (exact) mass is 361 g/mol. The first-order valence-electron chi connectivity index (χ1n) is 8.64. The maximum Gasteiger partial charge on any atom is 0.257 e. The van der Waals surface area contributed by atoms with E-state index in [1.807, 2.05) is 6.07 Å². The van der Waals surface area contributed by atoms with Crippen molar-refractivity contribution in [1.82, 2.24) is 4.98 Å². The van der Waals surface area contributed by atoms with Crippen molar-refractivity contribution in [2.45, 2.75) is 13.5 Å². The van der Waals surface area contributed by atoms with Crippen molar-refractivity contribution in [3.8, 4) is 11.5 Å². The molecule has 0 spiro atoms. The van der Waals surface area contributed by atoms with Gasteiger partial charge in [0.25, 0.3) is 5.91 Å². The van der Waals surface area contributed by atoms with Crippen molar-refractivity contribution in [2.24, 2.45) is 0 Å². The summed E-state index contributed by atoms with van der Waals surface area (Å²) in [6.45, 7) is 2.94. The lowest BCUT2D eigenvalue weighted by molar-refractivity contribution is 0.102. The van der Waals surface area contributed by atoms with Crippen LogP contribution in [0.5, 0.6) is 11.5 Å². The summed E-state index contributed by atoms with van der Waals surface area (Å²) in [6.07, 6.45) is 1.56. The largest absolute Gasteiger partial charge is 0.454 e. The average molecular weight is 361 g/mol. The minimum Gasteiger partial charge on any atom is -0.454 e. The summed E-state index contributed by atoms with van der Waals surface area (Å²) in [4.78, 5) is 16.7. The highest BCUT2D eigenvalue weighted by Crippen LogP contribution is 2.34.